The molecule has 7 heteroatoms. The number of anilines is 2. The van der Waals surface area contributed by atoms with Crippen LogP contribution in [0.15, 0.2) is 18.2 Å². The number of nitrogen functional groups attached to an aromatic ring is 1. The minimum atomic E-state index is -1.34. The molecule has 0 atom stereocenters. The van der Waals surface area contributed by atoms with Crippen LogP contribution in [0.4, 0.5) is 11.4 Å². The number of hydrogen-bond acceptors (Lipinski definition) is 7. The van der Waals surface area contributed by atoms with Crippen LogP contribution in [0.5, 0.6) is 0 Å². The maximum atomic E-state index is 9.05. The van der Waals surface area contributed by atoms with Gasteiger partial charge in [-0.05, 0) is 23.8 Å². The molecule has 0 heterocycles. The molecule has 0 saturated carbocycles. The zero-order valence-electron chi connectivity index (χ0n) is 12.1. The molecule has 0 amide bonds. The topological polar surface area (TPSA) is 122 Å². The summed E-state index contributed by atoms with van der Waals surface area (Å²) < 4.78 is 0. The first-order valence-electron chi connectivity index (χ1n) is 6.99. The summed E-state index contributed by atoms with van der Waals surface area (Å²) in [7, 11) is 0. The van der Waals surface area contributed by atoms with Crippen LogP contribution in [0, 0.1) is 0 Å². The van der Waals surface area contributed by atoms with Crippen molar-refractivity contribution in [2.45, 2.75) is 19.3 Å². The van der Waals surface area contributed by atoms with E-state index in [4.69, 9.17) is 26.2 Å². The van der Waals surface area contributed by atoms with Gasteiger partial charge in [-0.2, -0.15) is 0 Å². The summed E-state index contributed by atoms with van der Waals surface area (Å²) in [4.78, 5) is 1.92. The fraction of sp³-hybridized carbons (Fsp3) is 0.571. The van der Waals surface area contributed by atoms with Crippen LogP contribution in [0.3, 0.4) is 0 Å². The van der Waals surface area contributed by atoms with Gasteiger partial charge in [-0.25, -0.2) is 0 Å². The smallest absolute Gasteiger partial charge is 0.153 e. The molecule has 0 aliphatic heterocycles. The van der Waals surface area contributed by atoms with Gasteiger partial charge in [0.15, 0.2) is 6.29 Å². The molecule has 0 aliphatic carbocycles. The third kappa shape index (κ3) is 6.74. The van der Waals surface area contributed by atoms with E-state index >= 15 is 0 Å². The Morgan fingerprint density at radius 2 is 1.81 bits per heavy atom. The van der Waals surface area contributed by atoms with Crippen molar-refractivity contribution in [1.82, 2.24) is 4.90 Å². The molecule has 0 saturated heterocycles. The van der Waals surface area contributed by atoms with Gasteiger partial charge in [0.2, 0.25) is 0 Å². The molecule has 1 aromatic carbocycles. The third-order valence-corrected chi connectivity index (χ3v) is 3.07. The molecule has 0 radical (unpaired) electrons. The summed E-state index contributed by atoms with van der Waals surface area (Å²) in [5.41, 5.74) is 8.22. The van der Waals surface area contributed by atoms with Crippen LogP contribution in [-0.4, -0.2) is 64.5 Å². The molecule has 7 nitrogen and oxygen atoms in total. The van der Waals surface area contributed by atoms with Gasteiger partial charge in [0.05, 0.1) is 13.2 Å². The molecule has 21 heavy (non-hydrogen) atoms. The molecule has 7 N–H and O–H groups in total. The van der Waals surface area contributed by atoms with Crippen molar-refractivity contribution in [3.05, 3.63) is 23.8 Å². The molecule has 0 unspecified atom stereocenters. The van der Waals surface area contributed by atoms with E-state index in [0.717, 1.165) is 11.3 Å². The first-order chi connectivity index (χ1) is 10.1. The molecule has 0 aliphatic rings. The maximum absolute atomic E-state index is 9.05. The van der Waals surface area contributed by atoms with Crippen LogP contribution in [0.25, 0.3) is 0 Å². The summed E-state index contributed by atoms with van der Waals surface area (Å²) in [5, 5.41) is 39.0. The lowest BCUT2D eigenvalue weighted by molar-refractivity contribution is -0.0423. The molecule has 0 spiro atoms. The lowest BCUT2D eigenvalue weighted by atomic mass is 10.1. The van der Waals surface area contributed by atoms with Crippen molar-refractivity contribution in [1.29, 1.82) is 0 Å². The molecular formula is C14H25N3O4. The highest BCUT2D eigenvalue weighted by atomic mass is 16.5. The van der Waals surface area contributed by atoms with E-state index in [-0.39, 0.29) is 19.6 Å². The standard InChI is InChI=1S/C14H25N3O4/c15-12-1-2-13(16-4-3-14(20)21)11(9-12)10-17(5-7-18)6-8-19/h1-2,9,14,16,18-21H,3-8,10,15H2. The third-order valence-electron chi connectivity index (χ3n) is 3.07. The van der Waals surface area contributed by atoms with E-state index < -0.39 is 6.29 Å². The summed E-state index contributed by atoms with van der Waals surface area (Å²) in [6, 6.07) is 5.44. The lowest BCUT2D eigenvalue weighted by Gasteiger charge is -2.22. The van der Waals surface area contributed by atoms with Gasteiger partial charge in [0.25, 0.3) is 0 Å². The zero-order chi connectivity index (χ0) is 15.7. The van der Waals surface area contributed by atoms with Gasteiger partial charge >= 0.3 is 0 Å². The normalized spacial score (nSPS) is 11.3. The first-order valence-corrected chi connectivity index (χ1v) is 6.99. The molecule has 0 fully saturated rings. The number of benzene rings is 1. The summed E-state index contributed by atoms with van der Waals surface area (Å²) in [5.74, 6) is 0. The Bertz CT molecular complexity index is 409. The van der Waals surface area contributed by atoms with Crippen molar-refractivity contribution < 1.29 is 20.4 Å². The van der Waals surface area contributed by atoms with Gasteiger partial charge in [-0.1, -0.05) is 0 Å². The molecule has 1 aromatic rings. The van der Waals surface area contributed by atoms with Crippen LogP contribution >= 0.6 is 0 Å². The second kappa shape index (κ2) is 9.54. The van der Waals surface area contributed by atoms with E-state index in [0.29, 0.717) is 31.9 Å². The number of aliphatic hydroxyl groups excluding tert-OH is 3. The number of hydrogen-bond donors (Lipinski definition) is 6. The molecule has 0 bridgehead atoms. The van der Waals surface area contributed by atoms with Gasteiger partial charge in [0, 0.05) is 44.0 Å². The summed E-state index contributed by atoms with van der Waals surface area (Å²) in [6.07, 6.45) is -1.11. The molecule has 0 aromatic heterocycles. The number of nitrogens with zero attached hydrogens (tertiary/aromatic N) is 1. The monoisotopic (exact) mass is 299 g/mol. The van der Waals surface area contributed by atoms with Gasteiger partial charge in [-0.15, -0.1) is 0 Å². The minimum absolute atomic E-state index is 0.0157. The second-order valence-corrected chi connectivity index (χ2v) is 4.84. The number of nitrogens with two attached hydrogens (primary N) is 1. The fourth-order valence-corrected chi connectivity index (χ4v) is 2.05. The van der Waals surface area contributed by atoms with Crippen molar-refractivity contribution in [3.8, 4) is 0 Å². The average Bonchev–Trinajstić information content (AvgIpc) is 2.41. The molecule has 1 rings (SSSR count). The van der Waals surface area contributed by atoms with Crippen LogP contribution in [0.2, 0.25) is 0 Å². The van der Waals surface area contributed by atoms with Crippen LogP contribution in [-0.2, 0) is 6.54 Å². The van der Waals surface area contributed by atoms with Crippen molar-refractivity contribution in [3.63, 3.8) is 0 Å². The van der Waals surface area contributed by atoms with Crippen LogP contribution < -0.4 is 11.1 Å². The Labute approximate surface area is 124 Å². The highest BCUT2D eigenvalue weighted by molar-refractivity contribution is 5.58. The van der Waals surface area contributed by atoms with Gasteiger partial charge in [0.1, 0.15) is 0 Å². The molecular weight excluding hydrogens is 274 g/mol. The predicted molar refractivity (Wildman–Crippen MR) is 81.6 cm³/mol. The largest absolute Gasteiger partial charge is 0.399 e. The van der Waals surface area contributed by atoms with Crippen molar-refractivity contribution in [2.75, 3.05) is 43.9 Å². The van der Waals surface area contributed by atoms with E-state index in [1.807, 2.05) is 17.0 Å². The molecule has 120 valence electrons. The van der Waals surface area contributed by atoms with Crippen molar-refractivity contribution in [2.24, 2.45) is 0 Å². The van der Waals surface area contributed by atoms with Crippen molar-refractivity contribution >= 4 is 11.4 Å². The summed E-state index contributed by atoms with van der Waals surface area (Å²) in [6.45, 7) is 1.92. The van der Waals surface area contributed by atoms with E-state index in [1.165, 1.54) is 0 Å². The Morgan fingerprint density at radius 3 is 2.38 bits per heavy atom. The van der Waals surface area contributed by atoms with E-state index in [2.05, 4.69) is 5.32 Å². The predicted octanol–water partition coefficient (Wildman–Crippen LogP) is -0.832. The average molecular weight is 299 g/mol. The number of aliphatic hydroxyl groups is 4. The first kappa shape index (κ1) is 17.7. The SMILES string of the molecule is Nc1ccc(NCCC(O)O)c(CN(CCO)CCO)c1. The summed E-state index contributed by atoms with van der Waals surface area (Å²) >= 11 is 0. The van der Waals surface area contributed by atoms with E-state index in [1.54, 1.807) is 6.07 Å². The minimum Gasteiger partial charge on any atom is -0.399 e. The highest BCUT2D eigenvalue weighted by Gasteiger charge is 2.09. The Kier molecular flexibility index (Phi) is 8.03. The van der Waals surface area contributed by atoms with Crippen LogP contribution in [0.1, 0.15) is 12.0 Å². The van der Waals surface area contributed by atoms with Gasteiger partial charge < -0.3 is 31.5 Å². The lowest BCUT2D eigenvalue weighted by Crippen LogP contribution is -2.29. The Hall–Kier alpha value is -1.38. The highest BCUT2D eigenvalue weighted by Crippen LogP contribution is 2.21. The quantitative estimate of drug-likeness (QED) is 0.246. The Morgan fingerprint density at radius 1 is 1.14 bits per heavy atom. The van der Waals surface area contributed by atoms with Gasteiger partial charge in [-0.3, -0.25) is 4.90 Å². The Balaban J connectivity index is 2.75. The zero-order valence-corrected chi connectivity index (χ0v) is 12.1. The number of rotatable bonds is 10. The van der Waals surface area contributed by atoms with E-state index in [9.17, 15) is 0 Å². The fourth-order valence-electron chi connectivity index (χ4n) is 2.05. The number of nitrogens with one attached hydrogen (secondary N) is 1. The maximum Gasteiger partial charge on any atom is 0.153 e. The second-order valence-electron chi connectivity index (χ2n) is 4.84.